The van der Waals surface area contributed by atoms with Crippen molar-refractivity contribution in [3.05, 3.63) is 54.1 Å². The highest BCUT2D eigenvalue weighted by molar-refractivity contribution is 8.32. The zero-order valence-electron chi connectivity index (χ0n) is 20.9. The summed E-state index contributed by atoms with van der Waals surface area (Å²) in [5.74, 6) is 0.0664. The molecule has 1 heterocycles. The molecule has 2 aromatic carbocycles. The Morgan fingerprint density at radius 2 is 1.71 bits per heavy atom. The third-order valence-electron chi connectivity index (χ3n) is 6.33. The normalized spacial score (nSPS) is 18.3. The second kappa shape index (κ2) is 10.4. The first-order valence-electron chi connectivity index (χ1n) is 11.4. The zero-order valence-corrected chi connectivity index (χ0v) is 21.7. The lowest BCUT2D eigenvalue weighted by Gasteiger charge is -2.35. The van der Waals surface area contributed by atoms with Crippen molar-refractivity contribution < 1.29 is 19.4 Å². The van der Waals surface area contributed by atoms with Crippen LogP contribution in [0.3, 0.4) is 0 Å². The van der Waals surface area contributed by atoms with Gasteiger partial charge in [-0.2, -0.15) is 0 Å². The molecule has 0 spiro atoms. The molecule has 34 heavy (non-hydrogen) atoms. The molecule has 3 N–H and O–H groups in total. The summed E-state index contributed by atoms with van der Waals surface area (Å²) in [4.78, 5) is 29.9. The Hall–Kier alpha value is -2.55. The van der Waals surface area contributed by atoms with Crippen molar-refractivity contribution in [2.75, 3.05) is 44.3 Å². The monoisotopic (exact) mass is 487 g/mol. The molecule has 3 rings (SSSR count). The maximum absolute atomic E-state index is 13.4. The molecular formula is C26H37N3O4S. The molecule has 7 nitrogen and oxygen atoms in total. The van der Waals surface area contributed by atoms with Crippen LogP contribution in [0, 0.1) is 0 Å². The fourth-order valence-electron chi connectivity index (χ4n) is 3.96. The summed E-state index contributed by atoms with van der Waals surface area (Å²) < 4.78 is 5.24. The Balaban J connectivity index is 1.83. The van der Waals surface area contributed by atoms with Gasteiger partial charge in [0.2, 0.25) is 5.91 Å². The van der Waals surface area contributed by atoms with Gasteiger partial charge in [-0.3, -0.25) is 14.5 Å². The van der Waals surface area contributed by atoms with Gasteiger partial charge in [0.1, 0.15) is 11.8 Å². The molecule has 2 aromatic rings. The van der Waals surface area contributed by atoms with Gasteiger partial charge in [-0.05, 0) is 85.9 Å². The second-order valence-electron chi connectivity index (χ2n) is 9.98. The van der Waals surface area contributed by atoms with Gasteiger partial charge >= 0.3 is 0 Å². The van der Waals surface area contributed by atoms with Gasteiger partial charge in [0.15, 0.2) is 0 Å². The third-order valence-corrected chi connectivity index (χ3v) is 8.01. The fourth-order valence-corrected chi connectivity index (χ4v) is 4.91. The highest BCUT2D eigenvalue weighted by atomic mass is 32.3. The minimum absolute atomic E-state index is 0.274. The number of ether oxygens (including phenoxy) is 1. The van der Waals surface area contributed by atoms with Crippen LogP contribution in [-0.4, -0.2) is 72.4 Å². The average Bonchev–Trinajstić information content (AvgIpc) is 3.24. The Kier molecular flexibility index (Phi) is 7.95. The van der Waals surface area contributed by atoms with E-state index in [1.54, 1.807) is 31.4 Å². The molecule has 0 aromatic heterocycles. The number of β-amino-alcohol motifs (C(OH)–C–C–N with tert-alkyl or cyclic N) is 1. The lowest BCUT2D eigenvalue weighted by atomic mass is 9.99. The van der Waals surface area contributed by atoms with Crippen LogP contribution in [-0.2, 0) is 9.59 Å². The summed E-state index contributed by atoms with van der Waals surface area (Å²) in [5.41, 5.74) is 0.450. The number of rotatable bonds is 8. The number of benzene rings is 2. The standard InChI is InChI=1S/C26H37N3O4S/c1-26(2,29-16-15-20(30)17-29)25(32)28-23(18-7-11-21(33-3)12-8-18)24(31)27-19-9-13-22(14-10-19)34(4,5)6/h7-14,20,23,30H,15-17H2,1-6H3,(H,27,31)(H,28,32). The Morgan fingerprint density at radius 1 is 1.09 bits per heavy atom. The maximum atomic E-state index is 13.4. The third kappa shape index (κ3) is 6.11. The van der Waals surface area contributed by atoms with E-state index in [0.29, 0.717) is 36.5 Å². The van der Waals surface area contributed by atoms with Crippen LogP contribution < -0.4 is 15.4 Å². The SMILES string of the molecule is COc1ccc(C(NC(=O)C(C)(C)N2CCC(O)C2)C(=O)Nc2ccc(S(C)(C)C)cc2)cc1. The van der Waals surface area contributed by atoms with Crippen molar-refractivity contribution in [2.24, 2.45) is 0 Å². The van der Waals surface area contributed by atoms with Gasteiger partial charge in [-0.25, -0.2) is 10.0 Å². The molecule has 8 heteroatoms. The number of hydrogen-bond acceptors (Lipinski definition) is 5. The van der Waals surface area contributed by atoms with Crippen LogP contribution >= 0.6 is 10.0 Å². The van der Waals surface area contributed by atoms with Gasteiger partial charge in [-0.15, -0.1) is 0 Å². The number of likely N-dealkylation sites (tertiary alicyclic amines) is 1. The van der Waals surface area contributed by atoms with Crippen molar-refractivity contribution in [1.82, 2.24) is 10.2 Å². The number of amides is 2. The molecule has 0 radical (unpaired) electrons. The Labute approximate surface area is 204 Å². The van der Waals surface area contributed by atoms with Gasteiger partial charge < -0.3 is 20.5 Å². The molecule has 1 aliphatic heterocycles. The van der Waals surface area contributed by atoms with Crippen molar-refractivity contribution in [1.29, 1.82) is 0 Å². The number of aliphatic hydroxyl groups excluding tert-OH is 1. The molecule has 0 aliphatic carbocycles. The number of hydrogen-bond donors (Lipinski definition) is 3. The van der Waals surface area contributed by atoms with Gasteiger partial charge in [0.05, 0.1) is 18.8 Å². The maximum Gasteiger partial charge on any atom is 0.251 e. The van der Waals surface area contributed by atoms with Crippen LogP contribution in [0.5, 0.6) is 5.75 Å². The number of aliphatic hydroxyl groups is 1. The number of anilines is 1. The minimum Gasteiger partial charge on any atom is -0.497 e. The first-order chi connectivity index (χ1) is 15.9. The molecule has 1 fully saturated rings. The summed E-state index contributed by atoms with van der Waals surface area (Å²) in [6.45, 7) is 4.69. The van der Waals surface area contributed by atoms with E-state index < -0.39 is 27.7 Å². The molecule has 2 unspecified atom stereocenters. The number of nitrogens with one attached hydrogen (secondary N) is 2. The summed E-state index contributed by atoms with van der Waals surface area (Å²) in [6, 6.07) is 14.1. The predicted molar refractivity (Wildman–Crippen MR) is 139 cm³/mol. The lowest BCUT2D eigenvalue weighted by molar-refractivity contribution is -0.134. The summed E-state index contributed by atoms with van der Waals surface area (Å²) in [6.07, 6.45) is 6.85. The minimum atomic E-state index is -0.891. The smallest absolute Gasteiger partial charge is 0.251 e. The molecule has 186 valence electrons. The van der Waals surface area contributed by atoms with E-state index in [2.05, 4.69) is 29.4 Å². The number of carbonyl (C=O) groups excluding carboxylic acids is 2. The lowest BCUT2D eigenvalue weighted by Crippen LogP contribution is -2.56. The van der Waals surface area contributed by atoms with Crippen molar-refractivity contribution >= 4 is 27.5 Å². The van der Waals surface area contributed by atoms with Crippen molar-refractivity contribution in [3.8, 4) is 5.75 Å². The van der Waals surface area contributed by atoms with Crippen LogP contribution in [0.4, 0.5) is 5.69 Å². The quantitative estimate of drug-likeness (QED) is 0.531. The molecule has 2 amide bonds. The second-order valence-corrected chi connectivity index (χ2v) is 14.1. The molecule has 0 saturated carbocycles. The van der Waals surface area contributed by atoms with Gasteiger partial charge in [-0.1, -0.05) is 12.1 Å². The summed E-state index contributed by atoms with van der Waals surface area (Å²) in [5, 5.41) is 15.8. The first-order valence-corrected chi connectivity index (χ1v) is 14.2. The van der Waals surface area contributed by atoms with Crippen molar-refractivity contribution in [2.45, 2.75) is 42.8 Å². The van der Waals surface area contributed by atoms with E-state index in [-0.39, 0.29) is 11.8 Å². The van der Waals surface area contributed by atoms with Crippen molar-refractivity contribution in [3.63, 3.8) is 0 Å². The largest absolute Gasteiger partial charge is 0.497 e. The topological polar surface area (TPSA) is 90.9 Å². The molecule has 2 atom stereocenters. The fraction of sp³-hybridized carbons (Fsp3) is 0.462. The predicted octanol–water partition coefficient (Wildman–Crippen LogP) is 3.39. The Morgan fingerprint density at radius 3 is 2.21 bits per heavy atom. The average molecular weight is 488 g/mol. The summed E-state index contributed by atoms with van der Waals surface area (Å²) in [7, 11) is 0.718. The van der Waals surface area contributed by atoms with E-state index in [0.717, 1.165) is 0 Å². The van der Waals surface area contributed by atoms with E-state index in [4.69, 9.17) is 4.74 Å². The van der Waals surface area contributed by atoms with E-state index >= 15 is 0 Å². The number of methoxy groups -OCH3 is 1. The summed E-state index contributed by atoms with van der Waals surface area (Å²) >= 11 is 0. The Bertz CT molecular complexity index is 1000. The first kappa shape index (κ1) is 26.1. The van der Waals surface area contributed by atoms with Gasteiger partial charge in [0.25, 0.3) is 5.91 Å². The number of carbonyl (C=O) groups is 2. The number of nitrogens with zero attached hydrogens (tertiary/aromatic N) is 1. The molecule has 0 bridgehead atoms. The van der Waals surface area contributed by atoms with E-state index in [1.165, 1.54) is 4.90 Å². The zero-order chi connectivity index (χ0) is 25.1. The molecular weight excluding hydrogens is 450 g/mol. The highest BCUT2D eigenvalue weighted by Crippen LogP contribution is 2.45. The van der Waals surface area contributed by atoms with E-state index in [1.807, 2.05) is 43.0 Å². The molecule has 1 aliphatic rings. The van der Waals surface area contributed by atoms with Crippen LogP contribution in [0.15, 0.2) is 53.4 Å². The van der Waals surface area contributed by atoms with Crippen LogP contribution in [0.1, 0.15) is 31.9 Å². The van der Waals surface area contributed by atoms with E-state index in [9.17, 15) is 14.7 Å². The van der Waals surface area contributed by atoms with Crippen LogP contribution in [0.25, 0.3) is 0 Å². The highest BCUT2D eigenvalue weighted by Gasteiger charge is 2.40. The van der Waals surface area contributed by atoms with Gasteiger partial charge in [0, 0.05) is 18.8 Å². The molecule has 1 saturated heterocycles. The van der Waals surface area contributed by atoms with Crippen LogP contribution in [0.2, 0.25) is 0 Å².